The second-order valence-electron chi connectivity index (χ2n) is 6.43. The standard InChI is InChI=1S/C20H21N5O2S/c1-27-14-7-6-13-11-17(21-16(13)12-14)20(26)22-15(8-10-28-2)19-24-23-18-5-3-4-9-25(18)19/h3-7,9,11-12,15,21H,8,10H2,1-2H3,(H,22,26). The van der Waals surface area contributed by atoms with Gasteiger partial charge in [0.05, 0.1) is 13.2 Å². The molecule has 1 unspecified atom stereocenters. The lowest BCUT2D eigenvalue weighted by molar-refractivity contribution is 0.0929. The van der Waals surface area contributed by atoms with E-state index in [-0.39, 0.29) is 11.9 Å². The molecule has 0 spiro atoms. The average molecular weight is 395 g/mol. The number of nitrogens with zero attached hydrogens (tertiary/aromatic N) is 3. The highest BCUT2D eigenvalue weighted by atomic mass is 32.2. The molecule has 1 aromatic carbocycles. The van der Waals surface area contributed by atoms with Crippen LogP contribution in [0.1, 0.15) is 28.8 Å². The summed E-state index contributed by atoms with van der Waals surface area (Å²) in [5.41, 5.74) is 2.13. The summed E-state index contributed by atoms with van der Waals surface area (Å²) in [6.45, 7) is 0. The van der Waals surface area contributed by atoms with Gasteiger partial charge in [0.25, 0.3) is 5.91 Å². The van der Waals surface area contributed by atoms with Crippen LogP contribution in [0.2, 0.25) is 0 Å². The van der Waals surface area contributed by atoms with Gasteiger partial charge in [0.2, 0.25) is 0 Å². The van der Waals surface area contributed by atoms with E-state index in [1.165, 1.54) is 0 Å². The molecule has 8 heteroatoms. The van der Waals surface area contributed by atoms with Crippen molar-refractivity contribution in [3.8, 4) is 5.75 Å². The number of hydrogen-bond donors (Lipinski definition) is 2. The van der Waals surface area contributed by atoms with Crippen LogP contribution >= 0.6 is 11.8 Å². The first-order chi connectivity index (χ1) is 13.7. The molecule has 4 aromatic rings. The number of benzene rings is 1. The van der Waals surface area contributed by atoms with Crippen molar-refractivity contribution in [3.63, 3.8) is 0 Å². The molecule has 0 saturated heterocycles. The molecule has 0 aliphatic carbocycles. The number of methoxy groups -OCH3 is 1. The molecule has 0 bridgehead atoms. The van der Waals surface area contributed by atoms with Crippen LogP contribution in [-0.2, 0) is 0 Å². The first-order valence-electron chi connectivity index (χ1n) is 8.96. The number of amides is 1. The lowest BCUT2D eigenvalue weighted by Crippen LogP contribution is -2.30. The summed E-state index contributed by atoms with van der Waals surface area (Å²) in [4.78, 5) is 16.1. The fourth-order valence-corrected chi connectivity index (χ4v) is 3.66. The molecule has 3 heterocycles. The van der Waals surface area contributed by atoms with E-state index in [9.17, 15) is 4.79 Å². The van der Waals surface area contributed by atoms with Crippen molar-refractivity contribution in [2.75, 3.05) is 19.1 Å². The highest BCUT2D eigenvalue weighted by molar-refractivity contribution is 7.98. The highest BCUT2D eigenvalue weighted by Crippen LogP contribution is 2.23. The Morgan fingerprint density at radius 3 is 3.00 bits per heavy atom. The minimum atomic E-state index is -0.238. The molecule has 28 heavy (non-hydrogen) atoms. The van der Waals surface area contributed by atoms with Crippen molar-refractivity contribution >= 4 is 34.2 Å². The third-order valence-corrected chi connectivity index (χ3v) is 5.29. The Labute approximate surface area is 166 Å². The number of fused-ring (bicyclic) bond motifs is 2. The summed E-state index contributed by atoms with van der Waals surface area (Å²) < 4.78 is 7.17. The van der Waals surface area contributed by atoms with Crippen LogP contribution in [0.3, 0.4) is 0 Å². The van der Waals surface area contributed by atoms with Crippen LogP contribution in [0.5, 0.6) is 5.75 Å². The number of hydrogen-bond acceptors (Lipinski definition) is 5. The maximum absolute atomic E-state index is 12.9. The molecule has 0 aliphatic heterocycles. The summed E-state index contributed by atoms with van der Waals surface area (Å²) in [5, 5.41) is 12.6. The van der Waals surface area contributed by atoms with Crippen LogP contribution in [-0.4, -0.2) is 44.6 Å². The number of aromatic nitrogens is 4. The van der Waals surface area contributed by atoms with Crippen LogP contribution in [0, 0.1) is 0 Å². The van der Waals surface area contributed by atoms with Gasteiger partial charge < -0.3 is 15.0 Å². The monoisotopic (exact) mass is 395 g/mol. The van der Waals surface area contributed by atoms with Crippen molar-refractivity contribution in [2.24, 2.45) is 0 Å². The normalized spacial score (nSPS) is 12.4. The second kappa shape index (κ2) is 7.93. The molecule has 144 valence electrons. The van der Waals surface area contributed by atoms with Gasteiger partial charge in [0.1, 0.15) is 11.4 Å². The number of carbonyl (C=O) groups is 1. The molecule has 0 radical (unpaired) electrons. The summed E-state index contributed by atoms with van der Waals surface area (Å²) >= 11 is 1.73. The van der Waals surface area contributed by atoms with Crippen molar-refractivity contribution in [3.05, 3.63) is 60.2 Å². The summed E-state index contributed by atoms with van der Waals surface area (Å²) in [5.74, 6) is 2.20. The van der Waals surface area contributed by atoms with Gasteiger partial charge >= 0.3 is 0 Å². The predicted molar refractivity (Wildman–Crippen MR) is 111 cm³/mol. The smallest absolute Gasteiger partial charge is 0.268 e. The van der Waals surface area contributed by atoms with E-state index in [1.807, 2.05) is 59.3 Å². The lowest BCUT2D eigenvalue weighted by atomic mass is 10.2. The summed E-state index contributed by atoms with van der Waals surface area (Å²) in [6.07, 6.45) is 4.72. The molecule has 1 amide bonds. The molecule has 7 nitrogen and oxygen atoms in total. The highest BCUT2D eigenvalue weighted by Gasteiger charge is 2.21. The van der Waals surface area contributed by atoms with E-state index in [0.29, 0.717) is 5.69 Å². The average Bonchev–Trinajstić information content (AvgIpc) is 3.34. The van der Waals surface area contributed by atoms with E-state index in [1.54, 1.807) is 18.9 Å². The molecule has 0 saturated carbocycles. The zero-order chi connectivity index (χ0) is 19.5. The summed E-state index contributed by atoms with van der Waals surface area (Å²) in [7, 11) is 1.62. The van der Waals surface area contributed by atoms with Gasteiger partial charge in [-0.05, 0) is 48.8 Å². The van der Waals surface area contributed by atoms with Crippen molar-refractivity contribution in [2.45, 2.75) is 12.5 Å². The number of H-pyrrole nitrogens is 1. The molecule has 4 rings (SSSR count). The van der Waals surface area contributed by atoms with E-state index >= 15 is 0 Å². The van der Waals surface area contributed by atoms with Gasteiger partial charge in [-0.25, -0.2) is 0 Å². The van der Waals surface area contributed by atoms with Gasteiger partial charge in [-0.3, -0.25) is 9.20 Å². The molecule has 0 aliphatic rings. The number of thioether (sulfide) groups is 1. The van der Waals surface area contributed by atoms with Crippen molar-refractivity contribution in [1.82, 2.24) is 24.9 Å². The van der Waals surface area contributed by atoms with E-state index in [4.69, 9.17) is 4.74 Å². The molecular weight excluding hydrogens is 374 g/mol. The van der Waals surface area contributed by atoms with Crippen LogP contribution < -0.4 is 10.1 Å². The van der Waals surface area contributed by atoms with Crippen LogP contribution in [0.25, 0.3) is 16.6 Å². The fourth-order valence-electron chi connectivity index (χ4n) is 3.19. The largest absolute Gasteiger partial charge is 0.497 e. The Kier molecular flexibility index (Phi) is 5.21. The van der Waals surface area contributed by atoms with E-state index in [2.05, 4.69) is 20.5 Å². The molecule has 1 atom stereocenters. The van der Waals surface area contributed by atoms with Crippen LogP contribution in [0.15, 0.2) is 48.7 Å². The molecule has 0 fully saturated rings. The zero-order valence-electron chi connectivity index (χ0n) is 15.7. The topological polar surface area (TPSA) is 84.3 Å². The first-order valence-corrected chi connectivity index (χ1v) is 10.3. The van der Waals surface area contributed by atoms with Gasteiger partial charge in [0.15, 0.2) is 11.5 Å². The van der Waals surface area contributed by atoms with Gasteiger partial charge in [0, 0.05) is 23.2 Å². The number of nitrogens with one attached hydrogen (secondary N) is 2. The molecular formula is C20H21N5O2S. The fraction of sp³-hybridized carbons (Fsp3) is 0.250. The third kappa shape index (κ3) is 3.55. The van der Waals surface area contributed by atoms with Crippen LogP contribution in [0.4, 0.5) is 0 Å². The Morgan fingerprint density at radius 1 is 1.29 bits per heavy atom. The van der Waals surface area contributed by atoms with E-state index < -0.39 is 0 Å². The number of ether oxygens (including phenoxy) is 1. The second-order valence-corrected chi connectivity index (χ2v) is 7.42. The van der Waals surface area contributed by atoms with Crippen molar-refractivity contribution in [1.29, 1.82) is 0 Å². The quantitative estimate of drug-likeness (QED) is 0.501. The number of pyridine rings is 1. The minimum absolute atomic E-state index is 0.172. The third-order valence-electron chi connectivity index (χ3n) is 4.64. The number of carbonyl (C=O) groups excluding carboxylic acids is 1. The maximum Gasteiger partial charge on any atom is 0.268 e. The number of aromatic amines is 1. The molecule has 2 N–H and O–H groups in total. The Morgan fingerprint density at radius 2 is 2.18 bits per heavy atom. The minimum Gasteiger partial charge on any atom is -0.497 e. The van der Waals surface area contributed by atoms with Crippen molar-refractivity contribution < 1.29 is 9.53 Å². The first kappa shape index (κ1) is 18.4. The SMILES string of the molecule is COc1ccc2cc(C(=O)NC(CCSC)c3nnc4ccccn34)[nH]c2c1. The van der Waals surface area contributed by atoms with Gasteiger partial charge in [-0.2, -0.15) is 11.8 Å². The Hall–Kier alpha value is -3.00. The van der Waals surface area contributed by atoms with E-state index in [0.717, 1.165) is 40.3 Å². The van der Waals surface area contributed by atoms with Gasteiger partial charge in [-0.15, -0.1) is 10.2 Å². The Balaban J connectivity index is 1.62. The predicted octanol–water partition coefficient (Wildman–Crippen LogP) is 3.44. The van der Waals surface area contributed by atoms with Gasteiger partial charge in [-0.1, -0.05) is 6.07 Å². The zero-order valence-corrected chi connectivity index (χ0v) is 16.5. The number of rotatable bonds is 7. The maximum atomic E-state index is 12.9. The lowest BCUT2D eigenvalue weighted by Gasteiger charge is -2.16. The summed E-state index contributed by atoms with van der Waals surface area (Å²) in [6, 6.07) is 13.0. The Bertz CT molecular complexity index is 1120. The molecule has 3 aromatic heterocycles.